The molecule has 0 radical (unpaired) electrons. The van der Waals surface area contributed by atoms with Crippen molar-refractivity contribution in [2.45, 2.75) is 31.8 Å². The first kappa shape index (κ1) is 10.9. The molecular weight excluding hydrogens is 215 g/mol. The van der Waals surface area contributed by atoms with Gasteiger partial charge in [0.05, 0.1) is 10.6 Å². The van der Waals surface area contributed by atoms with Gasteiger partial charge in [-0.2, -0.15) is 0 Å². The Hall–Kier alpha value is -0.600. The smallest absolute Gasteiger partial charge is 0.142 e. The third kappa shape index (κ3) is 2.16. The molecule has 1 aromatic rings. The van der Waals surface area contributed by atoms with Crippen LogP contribution in [0.3, 0.4) is 0 Å². The van der Waals surface area contributed by atoms with E-state index in [4.69, 9.17) is 11.6 Å². The van der Waals surface area contributed by atoms with Gasteiger partial charge in [0.1, 0.15) is 5.82 Å². The molecule has 0 aliphatic heterocycles. The van der Waals surface area contributed by atoms with Crippen LogP contribution in [-0.2, 0) is 6.42 Å². The second kappa shape index (κ2) is 3.76. The Labute approximate surface area is 93.9 Å². The molecule has 3 heteroatoms. The minimum absolute atomic E-state index is 0.144. The molecule has 2 rings (SSSR count). The summed E-state index contributed by atoms with van der Waals surface area (Å²) in [7, 11) is 0. The summed E-state index contributed by atoms with van der Waals surface area (Å²) < 4.78 is 13.1. The fourth-order valence-electron chi connectivity index (χ4n) is 2.42. The minimum atomic E-state index is -0.670. The van der Waals surface area contributed by atoms with Gasteiger partial charge in [-0.15, -0.1) is 0 Å². The second-order valence-electron chi connectivity index (χ2n) is 4.63. The summed E-state index contributed by atoms with van der Waals surface area (Å²) in [6.45, 7) is 2.10. The molecule has 0 aromatic heterocycles. The van der Waals surface area contributed by atoms with Crippen LogP contribution in [-0.4, -0.2) is 10.7 Å². The molecule has 0 amide bonds. The standard InChI is InChI=1S/C12H14ClFO/c1-8-5-12(15,6-8)7-9-3-2-4-10(14)11(9)13/h2-4,8,15H,5-7H2,1H3. The average Bonchev–Trinajstić information content (AvgIpc) is 2.11. The van der Waals surface area contributed by atoms with Crippen molar-refractivity contribution in [2.75, 3.05) is 0 Å². The number of hydrogen-bond acceptors (Lipinski definition) is 1. The topological polar surface area (TPSA) is 20.2 Å². The molecule has 0 atom stereocenters. The number of hydrogen-bond donors (Lipinski definition) is 1. The van der Waals surface area contributed by atoms with Gasteiger partial charge in [-0.25, -0.2) is 4.39 Å². The van der Waals surface area contributed by atoms with E-state index >= 15 is 0 Å². The van der Waals surface area contributed by atoms with E-state index < -0.39 is 11.4 Å². The fourth-order valence-corrected chi connectivity index (χ4v) is 2.61. The summed E-state index contributed by atoms with van der Waals surface area (Å²) in [5.41, 5.74) is 0.0303. The van der Waals surface area contributed by atoms with Crippen LogP contribution < -0.4 is 0 Å². The summed E-state index contributed by atoms with van der Waals surface area (Å²) in [6, 6.07) is 4.73. The van der Waals surface area contributed by atoms with Crippen LogP contribution in [0.15, 0.2) is 18.2 Å². The number of aliphatic hydroxyl groups is 1. The van der Waals surface area contributed by atoms with Gasteiger partial charge in [0.2, 0.25) is 0 Å². The lowest BCUT2D eigenvalue weighted by Crippen LogP contribution is -2.44. The van der Waals surface area contributed by atoms with Crippen LogP contribution in [0.5, 0.6) is 0 Å². The predicted molar refractivity (Wildman–Crippen MR) is 58.5 cm³/mol. The van der Waals surface area contributed by atoms with Gasteiger partial charge in [0.25, 0.3) is 0 Å². The zero-order valence-electron chi connectivity index (χ0n) is 8.63. The highest BCUT2D eigenvalue weighted by molar-refractivity contribution is 6.31. The number of rotatable bonds is 2. The molecule has 1 aliphatic carbocycles. The van der Waals surface area contributed by atoms with Crippen LogP contribution in [0.4, 0.5) is 4.39 Å². The van der Waals surface area contributed by atoms with Gasteiger partial charge in [-0.1, -0.05) is 30.7 Å². The van der Waals surface area contributed by atoms with Crippen molar-refractivity contribution >= 4 is 11.6 Å². The zero-order valence-corrected chi connectivity index (χ0v) is 9.39. The molecule has 0 unspecified atom stereocenters. The maximum atomic E-state index is 13.1. The normalized spacial score (nSPS) is 30.0. The van der Waals surface area contributed by atoms with Gasteiger partial charge in [0.15, 0.2) is 0 Å². The van der Waals surface area contributed by atoms with E-state index in [9.17, 15) is 9.50 Å². The van der Waals surface area contributed by atoms with Crippen LogP contribution in [0.1, 0.15) is 25.3 Å². The van der Waals surface area contributed by atoms with Crippen molar-refractivity contribution in [3.8, 4) is 0 Å². The summed E-state index contributed by atoms with van der Waals surface area (Å²) >= 11 is 5.83. The van der Waals surface area contributed by atoms with Crippen LogP contribution in [0, 0.1) is 11.7 Å². The highest BCUT2D eigenvalue weighted by Gasteiger charge is 2.40. The lowest BCUT2D eigenvalue weighted by atomic mass is 9.69. The highest BCUT2D eigenvalue weighted by Crippen LogP contribution is 2.40. The van der Waals surface area contributed by atoms with Gasteiger partial charge in [0, 0.05) is 6.42 Å². The second-order valence-corrected chi connectivity index (χ2v) is 5.01. The first-order valence-electron chi connectivity index (χ1n) is 5.15. The molecule has 0 spiro atoms. The van der Waals surface area contributed by atoms with E-state index in [2.05, 4.69) is 6.92 Å². The summed E-state index contributed by atoms with van der Waals surface area (Å²) in [5, 5.41) is 10.2. The molecule has 1 N–H and O–H groups in total. The lowest BCUT2D eigenvalue weighted by Gasteiger charge is -2.42. The zero-order chi connectivity index (χ0) is 11.1. The Morgan fingerprint density at radius 3 is 2.80 bits per heavy atom. The molecule has 15 heavy (non-hydrogen) atoms. The quantitative estimate of drug-likeness (QED) is 0.824. The maximum absolute atomic E-state index is 13.1. The molecule has 0 bridgehead atoms. The lowest BCUT2D eigenvalue weighted by molar-refractivity contribution is -0.0665. The SMILES string of the molecule is CC1CC(O)(Cc2cccc(F)c2Cl)C1. The van der Waals surface area contributed by atoms with Crippen molar-refractivity contribution < 1.29 is 9.50 Å². The molecule has 1 aliphatic rings. The Bertz CT molecular complexity index is 372. The molecule has 1 fully saturated rings. The Balaban J connectivity index is 2.15. The van der Waals surface area contributed by atoms with Gasteiger partial charge in [-0.3, -0.25) is 0 Å². The van der Waals surface area contributed by atoms with Crippen molar-refractivity contribution in [1.29, 1.82) is 0 Å². The largest absolute Gasteiger partial charge is 0.390 e. The third-order valence-corrected chi connectivity index (χ3v) is 3.43. The molecular formula is C12H14ClFO. The molecule has 0 heterocycles. The van der Waals surface area contributed by atoms with Crippen molar-refractivity contribution in [2.24, 2.45) is 5.92 Å². The summed E-state index contributed by atoms with van der Waals surface area (Å²) in [6.07, 6.45) is 2.01. The Kier molecular flexibility index (Phi) is 2.73. The molecule has 1 nitrogen and oxygen atoms in total. The first-order chi connectivity index (χ1) is 7.00. The highest BCUT2D eigenvalue weighted by atomic mass is 35.5. The Morgan fingerprint density at radius 1 is 1.53 bits per heavy atom. The predicted octanol–water partition coefficient (Wildman–Crippen LogP) is 3.18. The fraction of sp³-hybridized carbons (Fsp3) is 0.500. The molecule has 0 saturated heterocycles. The Morgan fingerprint density at radius 2 is 2.20 bits per heavy atom. The van der Waals surface area contributed by atoms with E-state index in [1.165, 1.54) is 6.07 Å². The number of halogens is 2. The van der Waals surface area contributed by atoms with Gasteiger partial charge >= 0.3 is 0 Å². The molecule has 82 valence electrons. The minimum Gasteiger partial charge on any atom is -0.390 e. The van der Waals surface area contributed by atoms with Gasteiger partial charge in [-0.05, 0) is 30.4 Å². The van der Waals surface area contributed by atoms with Crippen molar-refractivity contribution in [1.82, 2.24) is 0 Å². The maximum Gasteiger partial charge on any atom is 0.142 e. The summed E-state index contributed by atoms with van der Waals surface area (Å²) in [4.78, 5) is 0. The van der Waals surface area contributed by atoms with E-state index in [1.807, 2.05) is 0 Å². The van der Waals surface area contributed by atoms with Crippen LogP contribution >= 0.6 is 11.6 Å². The average molecular weight is 229 g/mol. The van der Waals surface area contributed by atoms with E-state index in [1.54, 1.807) is 12.1 Å². The third-order valence-electron chi connectivity index (χ3n) is 3.01. The van der Waals surface area contributed by atoms with Crippen LogP contribution in [0.25, 0.3) is 0 Å². The number of benzene rings is 1. The monoisotopic (exact) mass is 228 g/mol. The van der Waals surface area contributed by atoms with E-state index in [-0.39, 0.29) is 5.02 Å². The van der Waals surface area contributed by atoms with Gasteiger partial charge < -0.3 is 5.11 Å². The van der Waals surface area contributed by atoms with E-state index in [0.717, 1.165) is 12.8 Å². The molecule has 1 aromatic carbocycles. The van der Waals surface area contributed by atoms with Crippen molar-refractivity contribution in [3.05, 3.63) is 34.6 Å². The first-order valence-corrected chi connectivity index (χ1v) is 5.53. The molecule has 1 saturated carbocycles. The van der Waals surface area contributed by atoms with Crippen LogP contribution in [0.2, 0.25) is 5.02 Å². The van der Waals surface area contributed by atoms with Crippen molar-refractivity contribution in [3.63, 3.8) is 0 Å². The van der Waals surface area contributed by atoms with E-state index in [0.29, 0.717) is 17.9 Å². The summed E-state index contributed by atoms with van der Waals surface area (Å²) in [5.74, 6) is 0.146.